The Morgan fingerprint density at radius 2 is 1.63 bits per heavy atom. The van der Waals surface area contributed by atoms with Crippen molar-refractivity contribution in [2.75, 3.05) is 0 Å². The third-order valence-corrected chi connectivity index (χ3v) is 3.43. The lowest BCUT2D eigenvalue weighted by atomic mass is 9.98. The summed E-state index contributed by atoms with van der Waals surface area (Å²) in [5, 5.41) is 0.0939. The fraction of sp³-hybridized carbons (Fsp3) is 0.143. The van der Waals surface area contributed by atoms with E-state index in [2.05, 4.69) is 0 Å². The summed E-state index contributed by atoms with van der Waals surface area (Å²) in [6.45, 7) is 1.79. The molecule has 0 N–H and O–H groups in total. The number of hydrogen-bond acceptors (Lipinski definition) is 0. The molecular weight excluding hydrogens is 296 g/mol. The van der Waals surface area contributed by atoms with Gasteiger partial charge in [-0.25, -0.2) is 0 Å². The van der Waals surface area contributed by atoms with Gasteiger partial charge in [-0.3, -0.25) is 0 Å². The molecule has 0 heterocycles. The van der Waals surface area contributed by atoms with Crippen molar-refractivity contribution in [1.82, 2.24) is 0 Å². The van der Waals surface area contributed by atoms with E-state index in [1.807, 2.05) is 0 Å². The Morgan fingerprint density at radius 1 is 0.947 bits per heavy atom. The van der Waals surface area contributed by atoms with Crippen LogP contribution >= 0.6 is 23.2 Å². The molecule has 0 saturated heterocycles. The van der Waals surface area contributed by atoms with Crippen molar-refractivity contribution in [2.24, 2.45) is 0 Å². The van der Waals surface area contributed by atoms with E-state index in [1.54, 1.807) is 25.1 Å². The molecule has 0 amide bonds. The molecule has 19 heavy (non-hydrogen) atoms. The fourth-order valence-electron chi connectivity index (χ4n) is 1.90. The van der Waals surface area contributed by atoms with Gasteiger partial charge in [0.05, 0.1) is 10.6 Å². The quantitative estimate of drug-likeness (QED) is 0.607. The third-order valence-electron chi connectivity index (χ3n) is 2.78. The zero-order valence-electron chi connectivity index (χ0n) is 9.85. The van der Waals surface area contributed by atoms with Crippen LogP contribution < -0.4 is 0 Å². The minimum atomic E-state index is -4.48. The van der Waals surface area contributed by atoms with Crippen LogP contribution in [0.1, 0.15) is 11.1 Å². The first-order valence-corrected chi connectivity index (χ1v) is 6.18. The van der Waals surface area contributed by atoms with Gasteiger partial charge >= 0.3 is 6.18 Å². The predicted molar refractivity (Wildman–Crippen MR) is 71.6 cm³/mol. The Hall–Kier alpha value is -1.19. The zero-order chi connectivity index (χ0) is 14.2. The van der Waals surface area contributed by atoms with Gasteiger partial charge in [0.1, 0.15) is 0 Å². The van der Waals surface area contributed by atoms with E-state index in [9.17, 15) is 13.2 Å². The molecule has 0 fully saturated rings. The van der Waals surface area contributed by atoms with Gasteiger partial charge in [0.2, 0.25) is 0 Å². The second-order valence-corrected chi connectivity index (χ2v) is 4.94. The Balaban J connectivity index is 2.65. The molecule has 0 nitrogen and oxygen atoms in total. The van der Waals surface area contributed by atoms with Crippen LogP contribution in [0, 0.1) is 6.92 Å². The highest BCUT2D eigenvalue weighted by molar-refractivity contribution is 6.33. The average molecular weight is 305 g/mol. The van der Waals surface area contributed by atoms with Gasteiger partial charge in [-0.15, -0.1) is 0 Å². The second kappa shape index (κ2) is 5.06. The highest BCUT2D eigenvalue weighted by Gasteiger charge is 2.33. The Kier molecular flexibility index (Phi) is 3.79. The molecule has 0 aliphatic rings. The standard InChI is InChI=1S/C14H9Cl2F3/c1-8-3-2-4-12(16)13(8)9-5-6-11(15)10(7-9)14(17,18)19/h2-7H,1H3. The molecule has 2 aromatic carbocycles. The van der Waals surface area contributed by atoms with Crippen LogP contribution in [-0.2, 0) is 6.18 Å². The van der Waals surface area contributed by atoms with Crippen LogP contribution in [0.3, 0.4) is 0 Å². The van der Waals surface area contributed by atoms with E-state index in [0.29, 0.717) is 16.1 Å². The minimum Gasteiger partial charge on any atom is -0.166 e. The molecule has 5 heteroatoms. The number of hydrogen-bond donors (Lipinski definition) is 0. The maximum Gasteiger partial charge on any atom is 0.417 e. The lowest BCUT2D eigenvalue weighted by Gasteiger charge is -2.13. The summed E-state index contributed by atoms with van der Waals surface area (Å²) in [6.07, 6.45) is -4.48. The van der Waals surface area contributed by atoms with Crippen LogP contribution in [0.2, 0.25) is 10.0 Å². The molecule has 0 spiro atoms. The van der Waals surface area contributed by atoms with Gasteiger partial charge in [-0.05, 0) is 36.2 Å². The van der Waals surface area contributed by atoms with Crippen molar-refractivity contribution in [3.05, 3.63) is 57.6 Å². The van der Waals surface area contributed by atoms with E-state index >= 15 is 0 Å². The molecule has 0 aliphatic heterocycles. The van der Waals surface area contributed by atoms with Crippen molar-refractivity contribution in [3.8, 4) is 11.1 Å². The van der Waals surface area contributed by atoms with E-state index in [-0.39, 0.29) is 5.02 Å². The lowest BCUT2D eigenvalue weighted by molar-refractivity contribution is -0.137. The molecule has 0 atom stereocenters. The minimum absolute atomic E-state index is 0.319. The van der Waals surface area contributed by atoms with Crippen LogP contribution in [0.5, 0.6) is 0 Å². The molecule has 2 aromatic rings. The SMILES string of the molecule is Cc1cccc(Cl)c1-c1ccc(Cl)c(C(F)(F)F)c1. The Labute approximate surface area is 118 Å². The van der Waals surface area contributed by atoms with Gasteiger partial charge in [-0.1, -0.05) is 41.4 Å². The van der Waals surface area contributed by atoms with E-state index in [1.165, 1.54) is 12.1 Å². The lowest BCUT2D eigenvalue weighted by Crippen LogP contribution is -2.06. The largest absolute Gasteiger partial charge is 0.417 e. The van der Waals surface area contributed by atoms with Gasteiger partial charge in [0.15, 0.2) is 0 Å². The van der Waals surface area contributed by atoms with Crippen molar-refractivity contribution in [3.63, 3.8) is 0 Å². The molecule has 0 bridgehead atoms. The van der Waals surface area contributed by atoms with Crippen LogP contribution in [0.15, 0.2) is 36.4 Å². The predicted octanol–water partition coefficient (Wildman–Crippen LogP) is 5.99. The normalized spacial score (nSPS) is 11.7. The molecule has 2 rings (SSSR count). The molecule has 0 aliphatic carbocycles. The molecule has 100 valence electrons. The maximum absolute atomic E-state index is 12.8. The summed E-state index contributed by atoms with van der Waals surface area (Å²) in [7, 11) is 0. The molecule has 0 unspecified atom stereocenters. The van der Waals surface area contributed by atoms with Crippen LogP contribution in [0.4, 0.5) is 13.2 Å². The van der Waals surface area contributed by atoms with E-state index < -0.39 is 11.7 Å². The maximum atomic E-state index is 12.8. The van der Waals surface area contributed by atoms with Gasteiger partial charge in [0, 0.05) is 10.6 Å². The summed E-state index contributed by atoms with van der Waals surface area (Å²) in [4.78, 5) is 0. The highest BCUT2D eigenvalue weighted by atomic mass is 35.5. The number of rotatable bonds is 1. The van der Waals surface area contributed by atoms with Gasteiger partial charge in [-0.2, -0.15) is 13.2 Å². The third kappa shape index (κ3) is 2.88. The Bertz CT molecular complexity index is 598. The molecule has 0 saturated carbocycles. The van der Waals surface area contributed by atoms with E-state index in [0.717, 1.165) is 11.6 Å². The van der Waals surface area contributed by atoms with Gasteiger partial charge < -0.3 is 0 Å². The van der Waals surface area contributed by atoms with Crippen molar-refractivity contribution in [1.29, 1.82) is 0 Å². The molecule has 0 aromatic heterocycles. The first-order valence-electron chi connectivity index (χ1n) is 5.43. The van der Waals surface area contributed by atoms with E-state index in [4.69, 9.17) is 23.2 Å². The fourth-order valence-corrected chi connectivity index (χ4v) is 2.45. The number of alkyl halides is 3. The summed E-state index contributed by atoms with van der Waals surface area (Å²) in [5.74, 6) is 0. The van der Waals surface area contributed by atoms with Crippen molar-refractivity contribution < 1.29 is 13.2 Å². The highest BCUT2D eigenvalue weighted by Crippen LogP contribution is 2.39. The summed E-state index contributed by atoms with van der Waals surface area (Å²) in [5.41, 5.74) is 0.945. The topological polar surface area (TPSA) is 0 Å². The van der Waals surface area contributed by atoms with Crippen molar-refractivity contribution >= 4 is 23.2 Å². The number of benzene rings is 2. The smallest absolute Gasteiger partial charge is 0.166 e. The van der Waals surface area contributed by atoms with Crippen molar-refractivity contribution in [2.45, 2.75) is 13.1 Å². The summed E-state index contributed by atoms with van der Waals surface area (Å²) in [6, 6.07) is 8.99. The van der Waals surface area contributed by atoms with Gasteiger partial charge in [0.25, 0.3) is 0 Å². The second-order valence-electron chi connectivity index (χ2n) is 4.12. The summed E-state index contributed by atoms with van der Waals surface area (Å²) < 4.78 is 38.5. The Morgan fingerprint density at radius 3 is 2.21 bits per heavy atom. The monoisotopic (exact) mass is 304 g/mol. The van der Waals surface area contributed by atoms with Crippen LogP contribution in [-0.4, -0.2) is 0 Å². The number of halogens is 5. The average Bonchev–Trinajstić information content (AvgIpc) is 2.29. The number of aryl methyl sites for hydroxylation is 1. The molecular formula is C14H9Cl2F3. The first kappa shape index (κ1) is 14.2. The van der Waals surface area contributed by atoms with Crippen LogP contribution in [0.25, 0.3) is 11.1 Å². The first-order chi connectivity index (χ1) is 8.80. The zero-order valence-corrected chi connectivity index (χ0v) is 11.4. The molecule has 0 radical (unpaired) electrons. The summed E-state index contributed by atoms with van der Waals surface area (Å²) >= 11 is 11.7.